The van der Waals surface area contributed by atoms with Crippen molar-refractivity contribution in [3.63, 3.8) is 0 Å². The first-order chi connectivity index (χ1) is 10.4. The van der Waals surface area contributed by atoms with E-state index in [-0.39, 0.29) is 11.9 Å². The molecule has 0 bridgehead atoms. The maximum atomic E-state index is 13.4. The maximum Gasteiger partial charge on any atom is 0.254 e. The molecule has 0 fully saturated rings. The topological polar surface area (TPSA) is 33.2 Å². The lowest BCUT2D eigenvalue weighted by Crippen LogP contribution is -2.37. The van der Waals surface area contributed by atoms with E-state index >= 15 is 0 Å². The minimum atomic E-state index is -0.393. The van der Waals surface area contributed by atoms with Crippen molar-refractivity contribution in [2.75, 3.05) is 7.05 Å². The highest BCUT2D eigenvalue weighted by molar-refractivity contribution is 5.95. The summed E-state index contributed by atoms with van der Waals surface area (Å²) in [6.45, 7) is 5.80. The lowest BCUT2D eigenvalue weighted by Gasteiger charge is -2.25. The molecule has 4 heteroatoms. The van der Waals surface area contributed by atoms with Gasteiger partial charge >= 0.3 is 0 Å². The van der Waals surface area contributed by atoms with Crippen molar-refractivity contribution in [3.05, 3.63) is 64.7 Å². The lowest BCUT2D eigenvalue weighted by atomic mass is 10.1. The highest BCUT2D eigenvalue weighted by Gasteiger charge is 2.20. The van der Waals surface area contributed by atoms with Crippen molar-refractivity contribution in [3.8, 4) is 0 Å². The second kappa shape index (κ2) is 6.69. The number of amides is 1. The smallest absolute Gasteiger partial charge is 0.254 e. The van der Waals surface area contributed by atoms with Gasteiger partial charge in [0.25, 0.3) is 5.91 Å². The van der Waals surface area contributed by atoms with Gasteiger partial charge in [0, 0.05) is 37.0 Å². The summed E-state index contributed by atoms with van der Waals surface area (Å²) >= 11 is 0. The van der Waals surface area contributed by atoms with Gasteiger partial charge < -0.3 is 4.90 Å². The molecule has 1 atom stereocenters. The summed E-state index contributed by atoms with van der Waals surface area (Å²) in [6.07, 6.45) is 2.44. The third kappa shape index (κ3) is 3.70. The number of hydrogen-bond donors (Lipinski definition) is 0. The zero-order chi connectivity index (χ0) is 16.3. The zero-order valence-electron chi connectivity index (χ0n) is 13.4. The Balaban J connectivity index is 2.14. The molecule has 2 aromatic rings. The number of likely N-dealkylation sites (N-methyl/N-ethyl adjacent to an activating group) is 1. The molecule has 1 unspecified atom stereocenters. The minimum absolute atomic E-state index is 0.0236. The van der Waals surface area contributed by atoms with E-state index in [0.29, 0.717) is 12.0 Å². The van der Waals surface area contributed by atoms with E-state index in [4.69, 9.17) is 0 Å². The summed E-state index contributed by atoms with van der Waals surface area (Å²) in [6, 6.07) is 8.23. The molecule has 0 aliphatic rings. The van der Waals surface area contributed by atoms with E-state index < -0.39 is 5.82 Å². The van der Waals surface area contributed by atoms with Crippen LogP contribution in [-0.2, 0) is 6.42 Å². The van der Waals surface area contributed by atoms with E-state index in [9.17, 15) is 9.18 Å². The summed E-state index contributed by atoms with van der Waals surface area (Å²) in [5, 5.41) is 0. The second-order valence-electron chi connectivity index (χ2n) is 5.75. The van der Waals surface area contributed by atoms with Crippen LogP contribution in [0.25, 0.3) is 0 Å². The Labute approximate surface area is 130 Å². The molecular weight excluding hydrogens is 279 g/mol. The Bertz CT molecular complexity index is 685. The quantitative estimate of drug-likeness (QED) is 0.865. The molecule has 0 aliphatic heterocycles. The minimum Gasteiger partial charge on any atom is -0.339 e. The SMILES string of the molecule is Cc1ccnc(CC(C)N(C)C(=O)c2cc(F)ccc2C)c1. The first-order valence-corrected chi connectivity index (χ1v) is 7.33. The number of pyridine rings is 1. The Morgan fingerprint density at radius 3 is 2.68 bits per heavy atom. The maximum absolute atomic E-state index is 13.4. The fraction of sp³-hybridized carbons (Fsp3) is 0.333. The molecule has 0 radical (unpaired) electrons. The van der Waals surface area contributed by atoms with E-state index in [1.807, 2.05) is 32.9 Å². The van der Waals surface area contributed by atoms with Crippen LogP contribution in [0.15, 0.2) is 36.5 Å². The first kappa shape index (κ1) is 16.1. The fourth-order valence-corrected chi connectivity index (χ4v) is 2.36. The largest absolute Gasteiger partial charge is 0.339 e. The van der Waals surface area contributed by atoms with E-state index in [1.54, 1.807) is 24.2 Å². The van der Waals surface area contributed by atoms with Crippen LogP contribution in [0, 0.1) is 19.7 Å². The Morgan fingerprint density at radius 1 is 1.27 bits per heavy atom. The third-order valence-corrected chi connectivity index (χ3v) is 3.89. The van der Waals surface area contributed by atoms with Crippen LogP contribution in [0.1, 0.15) is 34.1 Å². The summed E-state index contributed by atoms with van der Waals surface area (Å²) in [5.41, 5.74) is 3.28. The molecule has 22 heavy (non-hydrogen) atoms. The van der Waals surface area contributed by atoms with Gasteiger partial charge in [-0.15, -0.1) is 0 Å². The van der Waals surface area contributed by atoms with Crippen molar-refractivity contribution < 1.29 is 9.18 Å². The first-order valence-electron chi connectivity index (χ1n) is 7.33. The third-order valence-electron chi connectivity index (χ3n) is 3.89. The van der Waals surface area contributed by atoms with Crippen molar-refractivity contribution in [1.82, 2.24) is 9.88 Å². The number of halogens is 1. The summed E-state index contributed by atoms with van der Waals surface area (Å²) in [4.78, 5) is 18.5. The predicted octanol–water partition coefficient (Wildman–Crippen LogP) is 3.54. The van der Waals surface area contributed by atoms with Gasteiger partial charge in [0.1, 0.15) is 5.82 Å². The van der Waals surface area contributed by atoms with Crippen LogP contribution >= 0.6 is 0 Å². The molecule has 0 saturated heterocycles. The zero-order valence-corrected chi connectivity index (χ0v) is 13.4. The van der Waals surface area contributed by atoms with Crippen LogP contribution in [0.4, 0.5) is 4.39 Å². The number of carbonyl (C=O) groups is 1. The molecular formula is C18H21FN2O. The number of nitrogens with zero attached hydrogens (tertiary/aromatic N) is 2. The molecule has 116 valence electrons. The second-order valence-corrected chi connectivity index (χ2v) is 5.75. The molecule has 3 nitrogen and oxygen atoms in total. The average molecular weight is 300 g/mol. The number of benzene rings is 1. The highest BCUT2D eigenvalue weighted by atomic mass is 19.1. The average Bonchev–Trinajstić information content (AvgIpc) is 2.48. The Kier molecular flexibility index (Phi) is 4.91. The molecule has 0 spiro atoms. The van der Waals surface area contributed by atoms with Crippen molar-refractivity contribution in [2.24, 2.45) is 0 Å². The summed E-state index contributed by atoms with van der Waals surface area (Å²) in [7, 11) is 1.74. The van der Waals surface area contributed by atoms with Crippen LogP contribution in [0.5, 0.6) is 0 Å². The molecule has 1 aromatic heterocycles. The van der Waals surface area contributed by atoms with Gasteiger partial charge in [-0.05, 0) is 56.2 Å². The normalized spacial score (nSPS) is 12.0. The predicted molar refractivity (Wildman–Crippen MR) is 85.4 cm³/mol. The van der Waals surface area contributed by atoms with Gasteiger partial charge in [-0.2, -0.15) is 0 Å². The molecule has 1 aromatic carbocycles. The molecule has 0 N–H and O–H groups in total. The van der Waals surface area contributed by atoms with Gasteiger partial charge in [0.2, 0.25) is 0 Å². The van der Waals surface area contributed by atoms with Gasteiger partial charge in [-0.1, -0.05) is 6.07 Å². The number of hydrogen-bond acceptors (Lipinski definition) is 2. The van der Waals surface area contributed by atoms with Crippen molar-refractivity contribution in [2.45, 2.75) is 33.2 Å². The molecule has 0 aliphatic carbocycles. The number of carbonyl (C=O) groups excluding carboxylic acids is 1. The van der Waals surface area contributed by atoms with Crippen LogP contribution < -0.4 is 0 Å². The van der Waals surface area contributed by atoms with Gasteiger partial charge in [-0.3, -0.25) is 9.78 Å². The molecule has 1 heterocycles. The van der Waals surface area contributed by atoms with Gasteiger partial charge in [0.05, 0.1) is 0 Å². The van der Waals surface area contributed by atoms with Crippen LogP contribution in [0.3, 0.4) is 0 Å². The van der Waals surface area contributed by atoms with E-state index in [1.165, 1.54) is 12.1 Å². The van der Waals surface area contributed by atoms with Crippen molar-refractivity contribution >= 4 is 5.91 Å². The number of aromatic nitrogens is 1. The monoisotopic (exact) mass is 300 g/mol. The van der Waals surface area contributed by atoms with Crippen molar-refractivity contribution in [1.29, 1.82) is 0 Å². The van der Waals surface area contributed by atoms with Crippen LogP contribution in [-0.4, -0.2) is 28.9 Å². The molecule has 0 saturated carbocycles. The lowest BCUT2D eigenvalue weighted by molar-refractivity contribution is 0.0741. The number of aryl methyl sites for hydroxylation is 2. The van der Waals surface area contributed by atoms with Crippen LogP contribution in [0.2, 0.25) is 0 Å². The van der Waals surface area contributed by atoms with Gasteiger partial charge in [-0.25, -0.2) is 4.39 Å². The molecule has 1 amide bonds. The van der Waals surface area contributed by atoms with Gasteiger partial charge in [0.15, 0.2) is 0 Å². The Morgan fingerprint density at radius 2 is 2.00 bits per heavy atom. The Hall–Kier alpha value is -2.23. The highest BCUT2D eigenvalue weighted by Crippen LogP contribution is 2.15. The fourth-order valence-electron chi connectivity index (χ4n) is 2.36. The van der Waals surface area contributed by atoms with E-state index in [2.05, 4.69) is 4.98 Å². The summed E-state index contributed by atoms with van der Waals surface area (Å²) in [5.74, 6) is -0.562. The van der Waals surface area contributed by atoms with E-state index in [0.717, 1.165) is 16.8 Å². The summed E-state index contributed by atoms with van der Waals surface area (Å²) < 4.78 is 13.4. The standard InChI is InChI=1S/C18H21FN2O/c1-12-7-8-20-16(9-12)10-14(3)21(4)18(22)17-11-15(19)6-5-13(17)2/h5-9,11,14H,10H2,1-4H3. The number of rotatable bonds is 4. The molecule has 2 rings (SSSR count).